The van der Waals surface area contributed by atoms with Gasteiger partial charge in [0.1, 0.15) is 22.4 Å². The summed E-state index contributed by atoms with van der Waals surface area (Å²) in [5.41, 5.74) is 10.4. The SMILES string of the molecule is c1ccc2c(N(c3ccc(-c4cncc5c4oc4ccccc45)cc3)c3ccc(-c4nccc5c4oc4ccccc45)cc3)cccc2c1. The molecule has 0 aliphatic carbocycles. The van der Waals surface area contributed by atoms with Gasteiger partial charge in [0.25, 0.3) is 0 Å². The summed E-state index contributed by atoms with van der Waals surface area (Å²) in [6.45, 7) is 0. The van der Waals surface area contributed by atoms with Crippen LogP contribution in [0.2, 0.25) is 0 Å². The normalized spacial score (nSPS) is 11.7. The molecule has 49 heavy (non-hydrogen) atoms. The van der Waals surface area contributed by atoms with Gasteiger partial charge in [-0.3, -0.25) is 9.97 Å². The first-order valence-electron chi connectivity index (χ1n) is 16.3. The standard InChI is InChI=1S/C44H27N3O2/c1-2-10-33-28(8-1)9-7-13-39(33)47(31-20-16-29(17-21-31)37-26-45-27-38-35-12-4-6-15-41(35)48-43(37)38)32-22-18-30(19-23-32)42-44-36(24-25-46-42)34-11-3-5-14-40(34)49-44/h1-27H. The summed E-state index contributed by atoms with van der Waals surface area (Å²) >= 11 is 0. The van der Waals surface area contributed by atoms with Crippen molar-refractivity contribution in [2.24, 2.45) is 0 Å². The molecule has 0 saturated carbocycles. The number of furan rings is 2. The predicted molar refractivity (Wildman–Crippen MR) is 200 cm³/mol. The summed E-state index contributed by atoms with van der Waals surface area (Å²) < 4.78 is 12.6. The molecule has 0 aliphatic heterocycles. The summed E-state index contributed by atoms with van der Waals surface area (Å²) in [6, 6.07) is 50.5. The smallest absolute Gasteiger partial charge is 0.161 e. The molecule has 0 N–H and O–H groups in total. The van der Waals surface area contributed by atoms with Crippen LogP contribution in [-0.2, 0) is 0 Å². The monoisotopic (exact) mass is 629 g/mol. The van der Waals surface area contributed by atoms with Gasteiger partial charge in [0.2, 0.25) is 0 Å². The van der Waals surface area contributed by atoms with E-state index in [0.29, 0.717) is 0 Å². The highest BCUT2D eigenvalue weighted by Crippen LogP contribution is 2.42. The van der Waals surface area contributed by atoms with E-state index in [4.69, 9.17) is 13.8 Å². The Hall–Kier alpha value is -6.72. The van der Waals surface area contributed by atoms with Gasteiger partial charge in [-0.2, -0.15) is 0 Å². The maximum atomic E-state index is 6.33. The van der Waals surface area contributed by atoms with Gasteiger partial charge in [0.15, 0.2) is 5.58 Å². The topological polar surface area (TPSA) is 55.3 Å². The Bertz CT molecular complexity index is 2670. The largest absolute Gasteiger partial charge is 0.455 e. The minimum absolute atomic E-state index is 0.798. The molecule has 4 aromatic heterocycles. The van der Waals surface area contributed by atoms with E-state index in [1.54, 1.807) is 0 Å². The van der Waals surface area contributed by atoms with Crippen molar-refractivity contribution in [3.63, 3.8) is 0 Å². The van der Waals surface area contributed by atoms with E-state index in [0.717, 1.165) is 83.3 Å². The second-order valence-electron chi connectivity index (χ2n) is 12.2. The zero-order valence-corrected chi connectivity index (χ0v) is 26.2. The fourth-order valence-corrected chi connectivity index (χ4v) is 7.09. The van der Waals surface area contributed by atoms with E-state index in [1.807, 2.05) is 61.1 Å². The molecule has 0 aliphatic rings. The molecule has 5 nitrogen and oxygen atoms in total. The van der Waals surface area contributed by atoms with E-state index in [2.05, 4.69) is 113 Å². The van der Waals surface area contributed by atoms with Crippen molar-refractivity contribution in [1.82, 2.24) is 9.97 Å². The Morgan fingerprint density at radius 2 is 1.06 bits per heavy atom. The number of rotatable bonds is 5. The van der Waals surface area contributed by atoms with Crippen LogP contribution in [0.15, 0.2) is 173 Å². The molecule has 0 spiro atoms. The van der Waals surface area contributed by atoms with Crippen LogP contribution in [-0.4, -0.2) is 9.97 Å². The van der Waals surface area contributed by atoms with Gasteiger partial charge in [-0.15, -0.1) is 0 Å². The van der Waals surface area contributed by atoms with Gasteiger partial charge in [-0.1, -0.05) is 97.1 Å². The molecular weight excluding hydrogens is 603 g/mol. The highest BCUT2D eigenvalue weighted by molar-refractivity contribution is 6.10. The van der Waals surface area contributed by atoms with Gasteiger partial charge in [-0.05, 0) is 59.5 Å². The molecule has 0 atom stereocenters. The van der Waals surface area contributed by atoms with Crippen LogP contribution >= 0.6 is 0 Å². The molecule has 0 unspecified atom stereocenters. The number of aromatic nitrogens is 2. The summed E-state index contributed by atoms with van der Waals surface area (Å²) in [7, 11) is 0. The molecule has 5 heteroatoms. The first-order valence-corrected chi connectivity index (χ1v) is 16.3. The molecule has 4 heterocycles. The summed E-state index contributed by atoms with van der Waals surface area (Å²) in [5, 5.41) is 6.60. The Balaban J connectivity index is 1.09. The van der Waals surface area contributed by atoms with Crippen molar-refractivity contribution in [2.45, 2.75) is 0 Å². The van der Waals surface area contributed by atoms with Crippen molar-refractivity contribution in [1.29, 1.82) is 0 Å². The van der Waals surface area contributed by atoms with Gasteiger partial charge in [0.05, 0.1) is 5.69 Å². The van der Waals surface area contributed by atoms with Crippen LogP contribution in [0.1, 0.15) is 0 Å². The fraction of sp³-hybridized carbons (Fsp3) is 0. The Labute approximate surface area is 281 Å². The van der Waals surface area contributed by atoms with E-state index >= 15 is 0 Å². The number of benzene rings is 6. The molecule has 0 bridgehead atoms. The zero-order valence-electron chi connectivity index (χ0n) is 26.2. The van der Waals surface area contributed by atoms with Crippen LogP contribution in [0.4, 0.5) is 17.1 Å². The lowest BCUT2D eigenvalue weighted by atomic mass is 10.0. The number of anilines is 3. The molecule has 0 amide bonds. The Morgan fingerprint density at radius 3 is 1.82 bits per heavy atom. The molecule has 0 fully saturated rings. The number of hydrogen-bond donors (Lipinski definition) is 0. The number of fused-ring (bicyclic) bond motifs is 7. The molecule has 230 valence electrons. The Morgan fingerprint density at radius 1 is 0.449 bits per heavy atom. The highest BCUT2D eigenvalue weighted by atomic mass is 16.3. The van der Waals surface area contributed by atoms with E-state index in [-0.39, 0.29) is 0 Å². The van der Waals surface area contributed by atoms with Crippen LogP contribution in [0, 0.1) is 0 Å². The van der Waals surface area contributed by atoms with Crippen LogP contribution in [0.5, 0.6) is 0 Å². The summed E-state index contributed by atoms with van der Waals surface area (Å²) in [4.78, 5) is 11.6. The third kappa shape index (κ3) is 4.40. The van der Waals surface area contributed by atoms with Gasteiger partial charge < -0.3 is 13.7 Å². The maximum absolute atomic E-state index is 6.33. The van der Waals surface area contributed by atoms with Crippen LogP contribution in [0.25, 0.3) is 77.0 Å². The van der Waals surface area contributed by atoms with E-state index < -0.39 is 0 Å². The third-order valence-corrected chi connectivity index (χ3v) is 9.42. The van der Waals surface area contributed by atoms with E-state index in [1.165, 1.54) is 10.8 Å². The lowest BCUT2D eigenvalue weighted by Crippen LogP contribution is -2.10. The van der Waals surface area contributed by atoms with Gasteiger partial charge in [0, 0.05) is 68.0 Å². The molecule has 0 radical (unpaired) electrons. The van der Waals surface area contributed by atoms with Crippen molar-refractivity contribution >= 4 is 71.7 Å². The average molecular weight is 630 g/mol. The van der Waals surface area contributed by atoms with Crippen LogP contribution in [0.3, 0.4) is 0 Å². The third-order valence-electron chi connectivity index (χ3n) is 9.42. The molecule has 6 aromatic carbocycles. The van der Waals surface area contributed by atoms with Crippen molar-refractivity contribution in [3.05, 3.63) is 164 Å². The lowest BCUT2D eigenvalue weighted by Gasteiger charge is -2.27. The molecule has 10 aromatic rings. The maximum Gasteiger partial charge on any atom is 0.161 e. The summed E-state index contributed by atoms with van der Waals surface area (Å²) in [6.07, 6.45) is 5.63. The minimum Gasteiger partial charge on any atom is -0.455 e. The van der Waals surface area contributed by atoms with Crippen LogP contribution < -0.4 is 4.90 Å². The number of para-hydroxylation sites is 2. The Kier molecular flexibility index (Phi) is 6.11. The zero-order chi connectivity index (χ0) is 32.3. The predicted octanol–water partition coefficient (Wildman–Crippen LogP) is 12.2. The van der Waals surface area contributed by atoms with Gasteiger partial charge in [-0.25, -0.2) is 0 Å². The fourth-order valence-electron chi connectivity index (χ4n) is 7.09. The van der Waals surface area contributed by atoms with E-state index in [9.17, 15) is 0 Å². The first kappa shape index (κ1) is 27.4. The average Bonchev–Trinajstić information content (AvgIpc) is 3.75. The number of pyridine rings is 2. The number of hydrogen-bond acceptors (Lipinski definition) is 5. The summed E-state index contributed by atoms with van der Waals surface area (Å²) in [5.74, 6) is 0. The van der Waals surface area contributed by atoms with Crippen molar-refractivity contribution in [2.75, 3.05) is 4.90 Å². The highest BCUT2D eigenvalue weighted by Gasteiger charge is 2.19. The lowest BCUT2D eigenvalue weighted by molar-refractivity contribution is 0.668. The van der Waals surface area contributed by atoms with Gasteiger partial charge >= 0.3 is 0 Å². The molecule has 10 rings (SSSR count). The quantitative estimate of drug-likeness (QED) is 0.190. The molecule has 0 saturated heterocycles. The molecular formula is C44H27N3O2. The van der Waals surface area contributed by atoms with Crippen molar-refractivity contribution < 1.29 is 8.83 Å². The second-order valence-corrected chi connectivity index (χ2v) is 12.2. The number of nitrogens with zero attached hydrogens (tertiary/aromatic N) is 3. The first-order chi connectivity index (χ1) is 24.3. The minimum atomic E-state index is 0.798. The second kappa shape index (κ2) is 10.9. The van der Waals surface area contributed by atoms with Crippen molar-refractivity contribution in [3.8, 4) is 22.4 Å².